The summed E-state index contributed by atoms with van der Waals surface area (Å²) < 4.78 is 0. The van der Waals surface area contributed by atoms with E-state index in [1.807, 2.05) is 0 Å². The predicted molar refractivity (Wildman–Crippen MR) is 65.0 cm³/mol. The third-order valence-corrected chi connectivity index (χ3v) is 4.29. The third-order valence-electron chi connectivity index (χ3n) is 4.29. The number of piperidine rings is 1. The van der Waals surface area contributed by atoms with Crippen LogP contribution in [0.5, 0.6) is 0 Å². The van der Waals surface area contributed by atoms with Crippen LogP contribution in [0, 0.1) is 5.92 Å². The lowest BCUT2D eigenvalue weighted by Gasteiger charge is -2.42. The monoisotopic (exact) mass is 224 g/mol. The molecule has 0 radical (unpaired) electrons. The number of hydrogen-bond donors (Lipinski definition) is 1. The van der Waals surface area contributed by atoms with Crippen LogP contribution in [0.1, 0.15) is 52.4 Å². The topological polar surface area (TPSA) is 46.3 Å². The highest BCUT2D eigenvalue weighted by Gasteiger charge is 2.37. The Morgan fingerprint density at radius 2 is 2.06 bits per heavy atom. The zero-order chi connectivity index (χ0) is 11.8. The normalized spacial score (nSPS) is 33.3. The number of likely N-dealkylation sites (tertiary alicyclic amines) is 1. The van der Waals surface area contributed by atoms with Gasteiger partial charge >= 0.3 is 0 Å². The summed E-state index contributed by atoms with van der Waals surface area (Å²) >= 11 is 0. The Kier molecular flexibility index (Phi) is 3.24. The van der Waals surface area contributed by atoms with E-state index >= 15 is 0 Å². The fourth-order valence-electron chi connectivity index (χ4n) is 2.85. The van der Waals surface area contributed by atoms with Gasteiger partial charge in [-0.05, 0) is 44.9 Å². The summed E-state index contributed by atoms with van der Waals surface area (Å²) in [6.45, 7) is 5.32. The minimum atomic E-state index is -0.169. The van der Waals surface area contributed by atoms with E-state index in [-0.39, 0.29) is 11.4 Å². The first-order chi connectivity index (χ1) is 7.50. The Balaban J connectivity index is 1.92. The van der Waals surface area contributed by atoms with Crippen molar-refractivity contribution < 1.29 is 4.79 Å². The highest BCUT2D eigenvalue weighted by Crippen LogP contribution is 2.33. The van der Waals surface area contributed by atoms with Gasteiger partial charge in [-0.15, -0.1) is 0 Å². The maximum absolute atomic E-state index is 12.2. The van der Waals surface area contributed by atoms with Crippen molar-refractivity contribution in [2.75, 3.05) is 6.54 Å². The number of rotatable bonds is 2. The zero-order valence-electron chi connectivity index (χ0n) is 10.5. The molecular weight excluding hydrogens is 200 g/mol. The summed E-state index contributed by atoms with van der Waals surface area (Å²) in [4.78, 5) is 14.3. The fraction of sp³-hybridized carbons (Fsp3) is 0.923. The van der Waals surface area contributed by atoms with E-state index in [0.29, 0.717) is 18.4 Å². The van der Waals surface area contributed by atoms with Gasteiger partial charge in [0.25, 0.3) is 0 Å². The average Bonchev–Trinajstić information content (AvgIpc) is 2.19. The molecular formula is C13H24N2O. The van der Waals surface area contributed by atoms with Gasteiger partial charge in [-0.3, -0.25) is 4.79 Å². The van der Waals surface area contributed by atoms with Crippen LogP contribution in [0.2, 0.25) is 0 Å². The summed E-state index contributed by atoms with van der Waals surface area (Å²) in [5.74, 6) is 0.927. The molecule has 0 aromatic heterocycles. The largest absolute Gasteiger partial charge is 0.340 e. The lowest BCUT2D eigenvalue weighted by Crippen LogP contribution is -2.53. The molecule has 92 valence electrons. The lowest BCUT2D eigenvalue weighted by atomic mass is 9.75. The standard InChI is InChI=1S/C13H24N2O/c1-10-4-5-11(2)15(9-10)12(16)8-13(14)6-3-7-13/h10-11H,3-9,14H2,1-2H3. The van der Waals surface area contributed by atoms with Gasteiger partial charge in [-0.2, -0.15) is 0 Å². The Morgan fingerprint density at radius 1 is 1.38 bits per heavy atom. The van der Waals surface area contributed by atoms with Crippen molar-refractivity contribution in [2.24, 2.45) is 11.7 Å². The zero-order valence-corrected chi connectivity index (χ0v) is 10.5. The number of amides is 1. The molecule has 1 heterocycles. The second kappa shape index (κ2) is 4.36. The van der Waals surface area contributed by atoms with Crippen LogP contribution >= 0.6 is 0 Å². The van der Waals surface area contributed by atoms with E-state index < -0.39 is 0 Å². The molecule has 1 saturated heterocycles. The van der Waals surface area contributed by atoms with Crippen LogP contribution in [0.25, 0.3) is 0 Å². The molecule has 2 atom stereocenters. The quantitative estimate of drug-likeness (QED) is 0.778. The smallest absolute Gasteiger partial charge is 0.224 e. The van der Waals surface area contributed by atoms with Gasteiger partial charge in [0.05, 0.1) is 0 Å². The molecule has 2 unspecified atom stereocenters. The van der Waals surface area contributed by atoms with Crippen molar-refractivity contribution in [3.05, 3.63) is 0 Å². The number of nitrogens with two attached hydrogens (primary N) is 1. The van der Waals surface area contributed by atoms with E-state index in [1.165, 1.54) is 12.8 Å². The summed E-state index contributed by atoms with van der Waals surface area (Å²) in [6.07, 6.45) is 6.19. The summed E-state index contributed by atoms with van der Waals surface area (Å²) in [7, 11) is 0. The second-order valence-electron chi connectivity index (χ2n) is 5.97. The number of carbonyl (C=O) groups is 1. The molecule has 2 N–H and O–H groups in total. The minimum absolute atomic E-state index is 0.169. The molecule has 2 rings (SSSR count). The Labute approximate surface area is 98.4 Å². The van der Waals surface area contributed by atoms with Crippen LogP contribution in [0.4, 0.5) is 0 Å². The first kappa shape index (κ1) is 11.9. The molecule has 0 spiro atoms. The summed E-state index contributed by atoms with van der Waals surface area (Å²) in [5.41, 5.74) is 5.97. The van der Waals surface area contributed by atoms with Gasteiger partial charge in [0.2, 0.25) is 5.91 Å². The Hall–Kier alpha value is -0.570. The molecule has 16 heavy (non-hydrogen) atoms. The van der Waals surface area contributed by atoms with Gasteiger partial charge < -0.3 is 10.6 Å². The van der Waals surface area contributed by atoms with Crippen molar-refractivity contribution in [3.8, 4) is 0 Å². The van der Waals surface area contributed by atoms with Crippen LogP contribution in [0.3, 0.4) is 0 Å². The first-order valence-electron chi connectivity index (χ1n) is 6.58. The van der Waals surface area contributed by atoms with Gasteiger partial charge in [-0.25, -0.2) is 0 Å². The Morgan fingerprint density at radius 3 is 2.62 bits per heavy atom. The van der Waals surface area contributed by atoms with Gasteiger partial charge in [0.1, 0.15) is 0 Å². The van der Waals surface area contributed by atoms with Crippen LogP contribution in [-0.4, -0.2) is 28.9 Å². The van der Waals surface area contributed by atoms with Crippen molar-refractivity contribution in [1.29, 1.82) is 0 Å². The molecule has 0 aromatic rings. The lowest BCUT2D eigenvalue weighted by molar-refractivity contribution is -0.137. The highest BCUT2D eigenvalue weighted by atomic mass is 16.2. The van der Waals surface area contributed by atoms with E-state index in [0.717, 1.165) is 25.8 Å². The van der Waals surface area contributed by atoms with Crippen LogP contribution < -0.4 is 5.73 Å². The number of carbonyl (C=O) groups excluding carboxylic acids is 1. The number of nitrogens with zero attached hydrogens (tertiary/aromatic N) is 1. The summed E-state index contributed by atoms with van der Waals surface area (Å²) in [6, 6.07) is 0.410. The van der Waals surface area contributed by atoms with Gasteiger partial charge in [-0.1, -0.05) is 6.92 Å². The first-order valence-corrected chi connectivity index (χ1v) is 6.58. The van der Waals surface area contributed by atoms with Crippen molar-refractivity contribution in [2.45, 2.75) is 64.0 Å². The van der Waals surface area contributed by atoms with E-state index in [2.05, 4.69) is 18.7 Å². The van der Waals surface area contributed by atoms with E-state index in [1.54, 1.807) is 0 Å². The average molecular weight is 224 g/mol. The molecule has 1 saturated carbocycles. The van der Waals surface area contributed by atoms with Crippen molar-refractivity contribution >= 4 is 5.91 Å². The van der Waals surface area contributed by atoms with Crippen LogP contribution in [0.15, 0.2) is 0 Å². The third kappa shape index (κ3) is 2.40. The molecule has 1 aliphatic heterocycles. The molecule has 3 nitrogen and oxygen atoms in total. The minimum Gasteiger partial charge on any atom is -0.340 e. The van der Waals surface area contributed by atoms with Crippen molar-refractivity contribution in [3.63, 3.8) is 0 Å². The van der Waals surface area contributed by atoms with Gasteiger partial charge in [0.15, 0.2) is 0 Å². The molecule has 1 amide bonds. The second-order valence-corrected chi connectivity index (χ2v) is 5.97. The number of hydrogen-bond acceptors (Lipinski definition) is 2. The van der Waals surface area contributed by atoms with Crippen molar-refractivity contribution in [1.82, 2.24) is 4.90 Å². The maximum Gasteiger partial charge on any atom is 0.224 e. The summed E-state index contributed by atoms with van der Waals surface area (Å²) in [5, 5.41) is 0. The molecule has 2 aliphatic rings. The molecule has 2 fully saturated rings. The molecule has 1 aliphatic carbocycles. The van der Waals surface area contributed by atoms with E-state index in [9.17, 15) is 4.79 Å². The van der Waals surface area contributed by atoms with Crippen LogP contribution in [-0.2, 0) is 4.79 Å². The Bertz CT molecular complexity index is 273. The van der Waals surface area contributed by atoms with Gasteiger partial charge in [0, 0.05) is 24.5 Å². The molecule has 3 heteroatoms. The van der Waals surface area contributed by atoms with E-state index in [4.69, 9.17) is 5.73 Å². The highest BCUT2D eigenvalue weighted by molar-refractivity contribution is 5.78. The SMILES string of the molecule is CC1CCC(C)N(C(=O)CC2(N)CCC2)C1. The predicted octanol–water partition coefficient (Wildman–Crippen LogP) is 1.90. The molecule has 0 bridgehead atoms. The molecule has 0 aromatic carbocycles. The maximum atomic E-state index is 12.2. The fourth-order valence-corrected chi connectivity index (χ4v) is 2.85.